The average molecular weight is 385 g/mol. The van der Waals surface area contributed by atoms with Gasteiger partial charge in [-0.2, -0.15) is 0 Å². The predicted octanol–water partition coefficient (Wildman–Crippen LogP) is 3.81. The minimum atomic E-state index is 0. The molecule has 0 unspecified atom stereocenters. The first-order valence-electron chi connectivity index (χ1n) is 7.84. The lowest BCUT2D eigenvalue weighted by molar-refractivity contribution is 0.232. The van der Waals surface area contributed by atoms with Crippen molar-refractivity contribution in [2.24, 2.45) is 0 Å². The normalized spacial score (nSPS) is 15.1. The van der Waals surface area contributed by atoms with Crippen molar-refractivity contribution in [2.75, 3.05) is 26.2 Å². The molecule has 1 aliphatic rings. The first-order chi connectivity index (χ1) is 11.3. The van der Waals surface area contributed by atoms with Crippen molar-refractivity contribution in [3.8, 4) is 0 Å². The van der Waals surface area contributed by atoms with Crippen LogP contribution in [0.2, 0.25) is 5.02 Å². The largest absolute Gasteiger partial charge is 0.392 e. The van der Waals surface area contributed by atoms with Gasteiger partial charge < -0.3 is 10.4 Å². The van der Waals surface area contributed by atoms with Gasteiger partial charge in [0.05, 0.1) is 6.61 Å². The smallest absolute Gasteiger partial charge is 0.0693 e. The van der Waals surface area contributed by atoms with Gasteiger partial charge in [0.15, 0.2) is 0 Å². The topological polar surface area (TPSA) is 35.5 Å². The number of piperazine rings is 1. The Morgan fingerprint density at radius 1 is 1.04 bits per heavy atom. The summed E-state index contributed by atoms with van der Waals surface area (Å²) in [6.45, 7) is 5.25. The highest BCUT2D eigenvalue weighted by atomic mass is 35.5. The van der Waals surface area contributed by atoms with Crippen molar-refractivity contribution < 1.29 is 5.11 Å². The van der Waals surface area contributed by atoms with Crippen LogP contribution < -0.4 is 5.32 Å². The molecule has 1 heterocycles. The number of hydrogen-bond donors (Lipinski definition) is 2. The monoisotopic (exact) mass is 384 g/mol. The molecule has 6 heteroatoms. The third-order valence-electron chi connectivity index (χ3n) is 3.99. The van der Waals surface area contributed by atoms with E-state index in [1.165, 1.54) is 10.5 Å². The Bertz CT molecular complexity index is 663. The molecule has 0 saturated carbocycles. The van der Waals surface area contributed by atoms with Crippen LogP contribution in [0.5, 0.6) is 0 Å². The molecule has 3 nitrogen and oxygen atoms in total. The molecule has 2 N–H and O–H groups in total. The van der Waals surface area contributed by atoms with E-state index in [0.717, 1.165) is 43.2 Å². The summed E-state index contributed by atoms with van der Waals surface area (Å²) in [4.78, 5) is 4.78. The molecule has 1 fully saturated rings. The van der Waals surface area contributed by atoms with Crippen molar-refractivity contribution in [2.45, 2.75) is 22.9 Å². The molecular formula is C18H22Cl2N2OS. The van der Waals surface area contributed by atoms with Crippen LogP contribution in [0.15, 0.2) is 52.3 Å². The number of benzene rings is 2. The molecule has 0 atom stereocenters. The van der Waals surface area contributed by atoms with E-state index >= 15 is 0 Å². The molecule has 3 rings (SSSR count). The third-order valence-corrected chi connectivity index (χ3v) is 5.46. The van der Waals surface area contributed by atoms with Crippen LogP contribution in [0.3, 0.4) is 0 Å². The van der Waals surface area contributed by atoms with E-state index in [2.05, 4.69) is 34.5 Å². The van der Waals surface area contributed by atoms with Crippen LogP contribution in [0.4, 0.5) is 0 Å². The number of nitrogens with zero attached hydrogens (tertiary/aromatic N) is 1. The molecule has 2 aromatic carbocycles. The van der Waals surface area contributed by atoms with Gasteiger partial charge >= 0.3 is 0 Å². The SMILES string of the molecule is Cl.OCc1cc(Cl)ccc1Sc1ccccc1CN1CCNCC1. The molecule has 130 valence electrons. The number of nitrogens with one attached hydrogen (secondary N) is 1. The van der Waals surface area contributed by atoms with Crippen LogP contribution in [0.25, 0.3) is 0 Å². The maximum absolute atomic E-state index is 9.56. The van der Waals surface area contributed by atoms with E-state index in [9.17, 15) is 5.11 Å². The zero-order valence-electron chi connectivity index (χ0n) is 13.4. The van der Waals surface area contributed by atoms with E-state index in [0.29, 0.717) is 5.02 Å². The summed E-state index contributed by atoms with van der Waals surface area (Å²) in [6.07, 6.45) is 0. The van der Waals surface area contributed by atoms with Gasteiger partial charge in [-0.1, -0.05) is 41.6 Å². The van der Waals surface area contributed by atoms with Crippen LogP contribution in [0.1, 0.15) is 11.1 Å². The van der Waals surface area contributed by atoms with Gasteiger partial charge in [0.25, 0.3) is 0 Å². The third kappa shape index (κ3) is 5.12. The molecule has 1 aliphatic heterocycles. The van der Waals surface area contributed by atoms with E-state index in [4.69, 9.17) is 11.6 Å². The molecule has 0 amide bonds. The first kappa shape index (κ1) is 19.6. The second-order valence-electron chi connectivity index (χ2n) is 5.65. The Balaban J connectivity index is 0.00000208. The summed E-state index contributed by atoms with van der Waals surface area (Å²) < 4.78 is 0. The highest BCUT2D eigenvalue weighted by molar-refractivity contribution is 7.99. The minimum absolute atomic E-state index is 0. The van der Waals surface area contributed by atoms with Crippen molar-refractivity contribution in [1.29, 1.82) is 0 Å². The number of aliphatic hydroxyl groups is 1. The summed E-state index contributed by atoms with van der Waals surface area (Å²) in [7, 11) is 0. The summed E-state index contributed by atoms with van der Waals surface area (Å²) in [5.74, 6) is 0. The first-order valence-corrected chi connectivity index (χ1v) is 9.04. The van der Waals surface area contributed by atoms with E-state index in [-0.39, 0.29) is 19.0 Å². The Morgan fingerprint density at radius 2 is 1.75 bits per heavy atom. The molecular weight excluding hydrogens is 363 g/mol. The van der Waals surface area contributed by atoms with Crippen LogP contribution >= 0.6 is 35.8 Å². The Morgan fingerprint density at radius 3 is 2.50 bits per heavy atom. The Hall–Kier alpha value is -0.750. The Kier molecular flexibility index (Phi) is 7.88. The number of halogens is 2. The van der Waals surface area contributed by atoms with Gasteiger partial charge in [-0.25, -0.2) is 0 Å². The molecule has 24 heavy (non-hydrogen) atoms. The van der Waals surface area contributed by atoms with Crippen LogP contribution in [0, 0.1) is 0 Å². The van der Waals surface area contributed by atoms with Gasteiger partial charge in [-0.05, 0) is 35.4 Å². The quantitative estimate of drug-likeness (QED) is 0.821. The molecule has 0 spiro atoms. The minimum Gasteiger partial charge on any atom is -0.392 e. The lowest BCUT2D eigenvalue weighted by atomic mass is 10.2. The summed E-state index contributed by atoms with van der Waals surface area (Å²) in [5.41, 5.74) is 2.21. The highest BCUT2D eigenvalue weighted by Crippen LogP contribution is 2.34. The van der Waals surface area contributed by atoms with Crippen LogP contribution in [-0.2, 0) is 13.2 Å². The highest BCUT2D eigenvalue weighted by Gasteiger charge is 2.13. The second-order valence-corrected chi connectivity index (χ2v) is 7.17. The number of rotatable bonds is 5. The van der Waals surface area contributed by atoms with Crippen molar-refractivity contribution in [3.63, 3.8) is 0 Å². The summed E-state index contributed by atoms with van der Waals surface area (Å²) >= 11 is 7.73. The van der Waals surface area contributed by atoms with Gasteiger partial charge in [0.2, 0.25) is 0 Å². The van der Waals surface area contributed by atoms with Gasteiger partial charge in [-0.3, -0.25) is 4.90 Å². The molecule has 1 saturated heterocycles. The standard InChI is InChI=1S/C18H21ClN2OS.ClH/c19-16-5-6-18(15(11-16)13-22)23-17-4-2-1-3-14(17)12-21-9-7-20-8-10-21;/h1-6,11,20,22H,7-10,12-13H2;1H. The fraction of sp³-hybridized carbons (Fsp3) is 0.333. The summed E-state index contributed by atoms with van der Waals surface area (Å²) in [5, 5.41) is 13.6. The summed E-state index contributed by atoms with van der Waals surface area (Å²) in [6, 6.07) is 14.2. The van der Waals surface area contributed by atoms with E-state index in [1.807, 2.05) is 18.2 Å². The Labute approximate surface area is 158 Å². The maximum atomic E-state index is 9.56. The predicted molar refractivity (Wildman–Crippen MR) is 103 cm³/mol. The second kappa shape index (κ2) is 9.66. The molecule has 0 bridgehead atoms. The van der Waals surface area contributed by atoms with Gasteiger partial charge in [0.1, 0.15) is 0 Å². The molecule has 2 aromatic rings. The van der Waals surface area contributed by atoms with E-state index in [1.54, 1.807) is 11.8 Å². The van der Waals surface area contributed by atoms with Crippen molar-refractivity contribution in [1.82, 2.24) is 10.2 Å². The molecule has 0 radical (unpaired) electrons. The lowest BCUT2D eigenvalue weighted by Gasteiger charge is -2.28. The molecule has 0 aliphatic carbocycles. The zero-order chi connectivity index (χ0) is 16.1. The lowest BCUT2D eigenvalue weighted by Crippen LogP contribution is -2.42. The maximum Gasteiger partial charge on any atom is 0.0693 e. The zero-order valence-corrected chi connectivity index (χ0v) is 15.8. The fourth-order valence-electron chi connectivity index (χ4n) is 2.73. The van der Waals surface area contributed by atoms with Crippen LogP contribution in [-0.4, -0.2) is 36.2 Å². The van der Waals surface area contributed by atoms with Gasteiger partial charge in [0, 0.05) is 47.5 Å². The van der Waals surface area contributed by atoms with Crippen molar-refractivity contribution >= 4 is 35.8 Å². The molecule has 0 aromatic heterocycles. The fourth-order valence-corrected chi connectivity index (χ4v) is 3.97. The van der Waals surface area contributed by atoms with Crippen molar-refractivity contribution in [3.05, 3.63) is 58.6 Å². The van der Waals surface area contributed by atoms with E-state index < -0.39 is 0 Å². The number of aliphatic hydroxyl groups excluding tert-OH is 1. The number of hydrogen-bond acceptors (Lipinski definition) is 4. The van der Waals surface area contributed by atoms with Gasteiger partial charge in [-0.15, -0.1) is 12.4 Å². The average Bonchev–Trinajstić information content (AvgIpc) is 2.59.